The first-order valence-electron chi connectivity index (χ1n) is 8.61. The molecule has 3 aromatic rings. The van der Waals surface area contributed by atoms with Gasteiger partial charge in [0.2, 0.25) is 0 Å². The minimum absolute atomic E-state index is 0.00540. The molecule has 0 N–H and O–H groups in total. The highest BCUT2D eigenvalue weighted by Crippen LogP contribution is 2.22. The van der Waals surface area contributed by atoms with Gasteiger partial charge >= 0.3 is 5.97 Å². The minimum Gasteiger partial charge on any atom is -0.468 e. The number of aromatic nitrogens is 3. The van der Waals surface area contributed by atoms with E-state index in [0.717, 1.165) is 21.3 Å². The summed E-state index contributed by atoms with van der Waals surface area (Å²) in [5.41, 5.74) is 3.52. The third-order valence-electron chi connectivity index (χ3n) is 4.39. The highest BCUT2D eigenvalue weighted by Gasteiger charge is 2.16. The van der Waals surface area contributed by atoms with Crippen molar-refractivity contribution in [2.24, 2.45) is 4.99 Å². The molecule has 27 heavy (non-hydrogen) atoms. The van der Waals surface area contributed by atoms with Gasteiger partial charge in [0, 0.05) is 12.2 Å². The molecule has 0 aliphatic carbocycles. The second-order valence-electron chi connectivity index (χ2n) is 6.62. The number of carbonyl (C=O) groups is 2. The van der Waals surface area contributed by atoms with Gasteiger partial charge in [-0.25, -0.2) is 0 Å². The Morgan fingerprint density at radius 2 is 1.96 bits per heavy atom. The summed E-state index contributed by atoms with van der Waals surface area (Å²) in [4.78, 5) is 29.4. The molecule has 8 heteroatoms. The fourth-order valence-electron chi connectivity index (χ4n) is 2.79. The van der Waals surface area contributed by atoms with Crippen molar-refractivity contribution in [3.05, 3.63) is 46.0 Å². The Morgan fingerprint density at radius 1 is 1.26 bits per heavy atom. The zero-order valence-electron chi connectivity index (χ0n) is 16.0. The van der Waals surface area contributed by atoms with Gasteiger partial charge in [-0.2, -0.15) is 10.1 Å². The molecule has 0 atom stereocenters. The summed E-state index contributed by atoms with van der Waals surface area (Å²) < 4.78 is 9.14. The van der Waals surface area contributed by atoms with Gasteiger partial charge in [0.15, 0.2) is 4.80 Å². The van der Waals surface area contributed by atoms with Crippen LogP contribution in [-0.4, -0.2) is 33.3 Å². The van der Waals surface area contributed by atoms with Gasteiger partial charge in [-0.3, -0.25) is 14.3 Å². The van der Waals surface area contributed by atoms with E-state index in [2.05, 4.69) is 10.1 Å². The van der Waals surface area contributed by atoms with Gasteiger partial charge in [0.05, 0.1) is 17.3 Å². The number of rotatable bonds is 4. The fraction of sp³-hybridized carbons (Fsp3) is 0.368. The number of hydrogen-bond acceptors (Lipinski definition) is 5. The molecular weight excluding hydrogens is 364 g/mol. The quantitative estimate of drug-likeness (QED) is 0.646. The van der Waals surface area contributed by atoms with Crippen LogP contribution < -0.4 is 4.80 Å². The smallest absolute Gasteiger partial charge is 0.325 e. The monoisotopic (exact) mass is 386 g/mol. The number of benzene rings is 1. The number of aryl methyl sites for hydroxylation is 2. The lowest BCUT2D eigenvalue weighted by Crippen LogP contribution is -2.23. The van der Waals surface area contributed by atoms with Gasteiger partial charge < -0.3 is 9.30 Å². The van der Waals surface area contributed by atoms with Crippen molar-refractivity contribution in [3.63, 3.8) is 0 Å². The van der Waals surface area contributed by atoms with E-state index >= 15 is 0 Å². The van der Waals surface area contributed by atoms with Gasteiger partial charge in [-0.05, 0) is 57.0 Å². The Hall–Kier alpha value is -2.74. The van der Waals surface area contributed by atoms with Crippen LogP contribution >= 0.6 is 11.3 Å². The Morgan fingerprint density at radius 3 is 2.63 bits per heavy atom. The molecule has 0 radical (unpaired) electrons. The van der Waals surface area contributed by atoms with E-state index in [0.29, 0.717) is 10.5 Å². The molecule has 0 aliphatic heterocycles. The van der Waals surface area contributed by atoms with Gasteiger partial charge in [-0.1, -0.05) is 11.3 Å². The molecule has 7 nitrogen and oxygen atoms in total. The van der Waals surface area contributed by atoms with Gasteiger partial charge in [-0.15, -0.1) is 0 Å². The molecule has 0 saturated carbocycles. The number of thiazole rings is 1. The maximum atomic E-state index is 12.8. The van der Waals surface area contributed by atoms with E-state index in [1.165, 1.54) is 18.4 Å². The van der Waals surface area contributed by atoms with E-state index in [1.807, 2.05) is 39.8 Å². The summed E-state index contributed by atoms with van der Waals surface area (Å²) in [5, 5.41) is 4.19. The van der Waals surface area contributed by atoms with Crippen LogP contribution in [-0.2, 0) is 16.1 Å². The number of hydrogen-bond donors (Lipinski definition) is 0. The van der Waals surface area contributed by atoms with E-state index < -0.39 is 5.97 Å². The second kappa shape index (κ2) is 7.48. The van der Waals surface area contributed by atoms with Crippen molar-refractivity contribution >= 4 is 33.4 Å². The highest BCUT2D eigenvalue weighted by molar-refractivity contribution is 7.16. The van der Waals surface area contributed by atoms with Crippen LogP contribution in [0.1, 0.15) is 41.5 Å². The first kappa shape index (κ1) is 19.0. The molecule has 0 unspecified atom stereocenters. The van der Waals surface area contributed by atoms with Crippen molar-refractivity contribution in [2.45, 2.75) is 40.3 Å². The average Bonchev–Trinajstić information content (AvgIpc) is 3.22. The predicted octanol–water partition coefficient (Wildman–Crippen LogP) is 3.01. The summed E-state index contributed by atoms with van der Waals surface area (Å²) >= 11 is 1.38. The van der Waals surface area contributed by atoms with Crippen molar-refractivity contribution < 1.29 is 14.3 Å². The molecular formula is C19H22N4O3S. The maximum Gasteiger partial charge on any atom is 0.325 e. The molecule has 2 aromatic heterocycles. The van der Waals surface area contributed by atoms with Crippen LogP contribution in [0.25, 0.3) is 10.2 Å². The Labute approximate surface area is 160 Å². The Balaban J connectivity index is 2.18. The van der Waals surface area contributed by atoms with Crippen LogP contribution in [0.5, 0.6) is 0 Å². The van der Waals surface area contributed by atoms with Gasteiger partial charge in [0.25, 0.3) is 5.91 Å². The van der Waals surface area contributed by atoms with Crippen molar-refractivity contribution in [2.75, 3.05) is 7.11 Å². The highest BCUT2D eigenvalue weighted by atomic mass is 32.1. The van der Waals surface area contributed by atoms with Crippen LogP contribution in [0.15, 0.2) is 29.4 Å². The molecule has 0 saturated heterocycles. The molecule has 142 valence electrons. The third-order valence-corrected chi connectivity index (χ3v) is 5.43. The minimum atomic E-state index is -0.394. The first-order valence-corrected chi connectivity index (χ1v) is 9.43. The van der Waals surface area contributed by atoms with Crippen LogP contribution in [0, 0.1) is 13.8 Å². The first-order chi connectivity index (χ1) is 12.8. The number of carbonyl (C=O) groups excluding carboxylic acids is 2. The van der Waals surface area contributed by atoms with Crippen LogP contribution in [0.4, 0.5) is 0 Å². The molecule has 0 aliphatic rings. The summed E-state index contributed by atoms with van der Waals surface area (Å²) in [6.07, 6.45) is 1.59. The summed E-state index contributed by atoms with van der Waals surface area (Å²) in [7, 11) is 1.34. The molecule has 1 amide bonds. The molecule has 2 heterocycles. The van der Waals surface area contributed by atoms with Crippen molar-refractivity contribution in [1.29, 1.82) is 0 Å². The normalized spacial score (nSPS) is 12.1. The fourth-order valence-corrected chi connectivity index (χ4v) is 3.90. The molecule has 1 aromatic carbocycles. The maximum absolute atomic E-state index is 12.8. The van der Waals surface area contributed by atoms with Crippen molar-refractivity contribution in [3.8, 4) is 0 Å². The zero-order valence-corrected chi connectivity index (χ0v) is 16.8. The average molecular weight is 386 g/mol. The van der Waals surface area contributed by atoms with E-state index in [-0.39, 0.29) is 18.5 Å². The molecule has 0 bridgehead atoms. The van der Waals surface area contributed by atoms with Crippen LogP contribution in [0.3, 0.4) is 0 Å². The predicted molar refractivity (Wildman–Crippen MR) is 104 cm³/mol. The van der Waals surface area contributed by atoms with E-state index in [4.69, 9.17) is 4.74 Å². The zero-order chi connectivity index (χ0) is 19.7. The SMILES string of the molecule is COC(=O)Cn1c(=NC(=O)c2ccnn2C(C)C)sc2cc(C)c(C)cc21. The molecule has 0 spiro atoms. The number of amides is 1. The lowest BCUT2D eigenvalue weighted by Gasteiger charge is -2.08. The standard InChI is InChI=1S/C19H22N4O3S/c1-11(2)23-14(6-7-20-23)18(25)21-19-22(10-17(24)26-5)15-8-12(3)13(4)9-16(15)27-19/h6-9,11H,10H2,1-5H3. The second-order valence-corrected chi connectivity index (χ2v) is 7.63. The topological polar surface area (TPSA) is 78.5 Å². The summed E-state index contributed by atoms with van der Waals surface area (Å²) in [6, 6.07) is 5.75. The van der Waals surface area contributed by atoms with Crippen LogP contribution in [0.2, 0.25) is 0 Å². The Kier molecular flexibility index (Phi) is 5.27. The third kappa shape index (κ3) is 3.71. The lowest BCUT2D eigenvalue weighted by molar-refractivity contribution is -0.141. The molecule has 0 fully saturated rings. The molecule has 3 rings (SSSR count). The largest absolute Gasteiger partial charge is 0.468 e. The van der Waals surface area contributed by atoms with E-state index in [9.17, 15) is 9.59 Å². The van der Waals surface area contributed by atoms with E-state index in [1.54, 1.807) is 21.5 Å². The van der Waals surface area contributed by atoms with Gasteiger partial charge in [0.1, 0.15) is 12.2 Å². The number of ether oxygens (including phenoxy) is 1. The lowest BCUT2D eigenvalue weighted by atomic mass is 10.1. The number of methoxy groups -OCH3 is 1. The summed E-state index contributed by atoms with van der Waals surface area (Å²) in [5.74, 6) is -0.783. The number of esters is 1. The summed E-state index contributed by atoms with van der Waals surface area (Å²) in [6.45, 7) is 7.94. The number of nitrogens with zero attached hydrogens (tertiary/aromatic N) is 4. The Bertz CT molecular complexity index is 1090. The number of fused-ring (bicyclic) bond motifs is 1. The van der Waals surface area contributed by atoms with Crippen molar-refractivity contribution in [1.82, 2.24) is 14.3 Å².